The van der Waals surface area contributed by atoms with Crippen molar-refractivity contribution in [3.63, 3.8) is 0 Å². The Bertz CT molecular complexity index is 934. The number of anilines is 1. The lowest BCUT2D eigenvalue weighted by atomic mass is 10.0. The summed E-state index contributed by atoms with van der Waals surface area (Å²) >= 11 is 0. The van der Waals surface area contributed by atoms with Crippen LogP contribution in [0.25, 0.3) is 0 Å². The molecule has 0 aliphatic carbocycles. The van der Waals surface area contributed by atoms with Gasteiger partial charge in [0.2, 0.25) is 0 Å². The van der Waals surface area contributed by atoms with Crippen LogP contribution in [0.2, 0.25) is 0 Å². The zero-order chi connectivity index (χ0) is 23.3. The van der Waals surface area contributed by atoms with E-state index in [0.717, 1.165) is 6.54 Å². The Morgan fingerprint density at radius 3 is 2.50 bits per heavy atom. The third-order valence-corrected chi connectivity index (χ3v) is 6.05. The number of nitrogens with one attached hydrogen (secondary N) is 1. The van der Waals surface area contributed by atoms with E-state index >= 15 is 0 Å². The minimum atomic E-state index is -0.216. The van der Waals surface area contributed by atoms with Gasteiger partial charge in [0, 0.05) is 50.6 Å². The second kappa shape index (κ2) is 10.6. The van der Waals surface area contributed by atoms with Gasteiger partial charge in [-0.3, -0.25) is 14.5 Å². The van der Waals surface area contributed by atoms with Gasteiger partial charge in [-0.15, -0.1) is 0 Å². The Morgan fingerprint density at radius 2 is 1.81 bits per heavy atom. The molecule has 0 radical (unpaired) electrons. The number of benzene rings is 2. The van der Waals surface area contributed by atoms with Crippen LogP contribution in [-0.4, -0.2) is 74.7 Å². The molecule has 3 atom stereocenters. The molecule has 32 heavy (non-hydrogen) atoms. The average Bonchev–Trinajstić information content (AvgIpc) is 2.80. The second-order valence-electron chi connectivity index (χ2n) is 8.57. The molecule has 7 nitrogen and oxygen atoms in total. The summed E-state index contributed by atoms with van der Waals surface area (Å²) in [7, 11) is 5.52. The number of nitrogens with zero attached hydrogens (tertiary/aromatic N) is 2. The van der Waals surface area contributed by atoms with Crippen LogP contribution in [0.1, 0.15) is 34.6 Å². The summed E-state index contributed by atoms with van der Waals surface area (Å²) in [6.07, 6.45) is -0.0770. The lowest BCUT2D eigenvalue weighted by Gasteiger charge is -2.34. The summed E-state index contributed by atoms with van der Waals surface area (Å²) in [4.78, 5) is 29.7. The first-order valence-electron chi connectivity index (χ1n) is 10.9. The monoisotopic (exact) mass is 439 g/mol. The summed E-state index contributed by atoms with van der Waals surface area (Å²) in [5.41, 5.74) is 1.60. The summed E-state index contributed by atoms with van der Waals surface area (Å²) in [6, 6.07) is 14.3. The number of rotatable bonds is 3. The van der Waals surface area contributed by atoms with Crippen LogP contribution < -0.4 is 10.1 Å². The maximum absolute atomic E-state index is 13.2. The second-order valence-corrected chi connectivity index (χ2v) is 8.57. The Labute approximate surface area is 190 Å². The largest absolute Gasteiger partial charge is 0.491 e. The fourth-order valence-electron chi connectivity index (χ4n) is 3.82. The lowest BCUT2D eigenvalue weighted by Crippen LogP contribution is -2.45. The molecule has 2 aromatic carbocycles. The van der Waals surface area contributed by atoms with E-state index in [1.165, 1.54) is 0 Å². The van der Waals surface area contributed by atoms with Crippen molar-refractivity contribution in [3.8, 4) is 5.75 Å². The third-order valence-electron chi connectivity index (χ3n) is 6.05. The van der Waals surface area contributed by atoms with Gasteiger partial charge < -0.3 is 19.7 Å². The van der Waals surface area contributed by atoms with Crippen LogP contribution in [0.15, 0.2) is 48.5 Å². The molecule has 1 N–H and O–H groups in total. The fourth-order valence-corrected chi connectivity index (χ4v) is 3.82. The van der Waals surface area contributed by atoms with E-state index in [1.54, 1.807) is 49.4 Å². The zero-order valence-electron chi connectivity index (χ0n) is 19.5. The topological polar surface area (TPSA) is 71.1 Å². The zero-order valence-corrected chi connectivity index (χ0v) is 19.5. The van der Waals surface area contributed by atoms with Crippen LogP contribution >= 0.6 is 0 Å². The smallest absolute Gasteiger partial charge is 0.257 e. The molecule has 7 heteroatoms. The first-order chi connectivity index (χ1) is 15.3. The fraction of sp³-hybridized carbons (Fsp3) is 0.440. The number of amides is 2. The molecule has 1 aliphatic heterocycles. The minimum absolute atomic E-state index is 0.0770. The number of carbonyl (C=O) groups excluding carboxylic acids is 2. The van der Waals surface area contributed by atoms with Crippen molar-refractivity contribution >= 4 is 17.5 Å². The summed E-state index contributed by atoms with van der Waals surface area (Å²) in [6.45, 7) is 5.95. The highest BCUT2D eigenvalue weighted by Crippen LogP contribution is 2.27. The van der Waals surface area contributed by atoms with Crippen molar-refractivity contribution in [1.29, 1.82) is 0 Å². The maximum atomic E-state index is 13.2. The molecule has 0 saturated heterocycles. The van der Waals surface area contributed by atoms with Crippen molar-refractivity contribution in [2.24, 2.45) is 5.92 Å². The summed E-state index contributed by atoms with van der Waals surface area (Å²) in [5.74, 6) is 0.344. The molecule has 0 unspecified atom stereocenters. The van der Waals surface area contributed by atoms with Gasteiger partial charge in [0.1, 0.15) is 12.4 Å². The lowest BCUT2D eigenvalue weighted by molar-refractivity contribution is 0.0150. The van der Waals surface area contributed by atoms with E-state index in [-0.39, 0.29) is 29.9 Å². The first-order valence-corrected chi connectivity index (χ1v) is 10.9. The van der Waals surface area contributed by atoms with Crippen LogP contribution in [0.4, 0.5) is 5.69 Å². The van der Waals surface area contributed by atoms with E-state index in [9.17, 15) is 9.59 Å². The molecule has 0 bridgehead atoms. The van der Waals surface area contributed by atoms with Gasteiger partial charge in [-0.1, -0.05) is 25.1 Å². The van der Waals surface area contributed by atoms with Gasteiger partial charge in [0.25, 0.3) is 11.8 Å². The van der Waals surface area contributed by atoms with E-state index in [1.807, 2.05) is 18.2 Å². The summed E-state index contributed by atoms with van der Waals surface area (Å²) in [5, 5.41) is 2.89. The Kier molecular flexibility index (Phi) is 7.88. The molecule has 0 fully saturated rings. The molecular formula is C25H33N3O4. The number of likely N-dealkylation sites (N-methyl/N-ethyl adjacent to an activating group) is 2. The van der Waals surface area contributed by atoms with Crippen LogP contribution in [0.3, 0.4) is 0 Å². The molecule has 2 aromatic rings. The van der Waals surface area contributed by atoms with Crippen molar-refractivity contribution in [2.45, 2.75) is 26.0 Å². The van der Waals surface area contributed by atoms with Gasteiger partial charge >= 0.3 is 0 Å². The van der Waals surface area contributed by atoms with Crippen LogP contribution in [0, 0.1) is 5.92 Å². The van der Waals surface area contributed by atoms with Gasteiger partial charge in [-0.2, -0.15) is 0 Å². The Hall–Kier alpha value is -2.90. The molecule has 0 saturated carbocycles. The van der Waals surface area contributed by atoms with E-state index in [0.29, 0.717) is 35.7 Å². The Morgan fingerprint density at radius 1 is 1.09 bits per heavy atom. The molecule has 2 amide bonds. The number of ether oxygens (including phenoxy) is 2. The standard InChI is InChI=1S/C25H33N3O4/c1-17-14-27(3)18(2)16-32-22-13-20(26-24(29)19-9-7-6-8-10-19)11-12-21(22)25(30)28(4)15-23(17)31-5/h6-13,17-18,23H,14-16H2,1-5H3,(H,26,29)/t17-,18-,23+/m1/s1. The Balaban J connectivity index is 1.89. The number of carbonyl (C=O) groups is 2. The van der Waals surface area contributed by atoms with Crippen molar-refractivity contribution in [1.82, 2.24) is 9.80 Å². The molecule has 0 aromatic heterocycles. The number of methoxy groups -OCH3 is 1. The van der Waals surface area contributed by atoms with E-state index < -0.39 is 0 Å². The average molecular weight is 440 g/mol. The van der Waals surface area contributed by atoms with Crippen LogP contribution in [-0.2, 0) is 4.74 Å². The molecule has 0 spiro atoms. The number of hydrogen-bond acceptors (Lipinski definition) is 5. The van der Waals surface area contributed by atoms with Gasteiger partial charge in [0.05, 0.1) is 11.7 Å². The quantitative estimate of drug-likeness (QED) is 0.794. The highest BCUT2D eigenvalue weighted by atomic mass is 16.5. The van der Waals surface area contributed by atoms with Crippen molar-refractivity contribution in [2.75, 3.05) is 46.2 Å². The molecule has 172 valence electrons. The SMILES string of the molecule is CO[C@H]1CN(C)C(=O)c2ccc(NC(=O)c3ccccc3)cc2OC[C@@H](C)N(C)C[C@H]1C. The van der Waals surface area contributed by atoms with Crippen molar-refractivity contribution < 1.29 is 19.1 Å². The predicted octanol–water partition coefficient (Wildman–Crippen LogP) is 3.37. The maximum Gasteiger partial charge on any atom is 0.257 e. The number of fused-ring (bicyclic) bond motifs is 1. The summed E-state index contributed by atoms with van der Waals surface area (Å²) < 4.78 is 11.8. The third kappa shape index (κ3) is 5.66. The number of hydrogen-bond donors (Lipinski definition) is 1. The van der Waals surface area contributed by atoms with Gasteiger partial charge in [-0.05, 0) is 44.2 Å². The molecule has 1 heterocycles. The molecular weight excluding hydrogens is 406 g/mol. The highest BCUT2D eigenvalue weighted by Gasteiger charge is 2.27. The van der Waals surface area contributed by atoms with E-state index in [4.69, 9.17) is 9.47 Å². The first kappa shape index (κ1) is 23.8. The predicted molar refractivity (Wildman–Crippen MR) is 125 cm³/mol. The normalized spacial score (nSPS) is 22.8. The van der Waals surface area contributed by atoms with Crippen molar-refractivity contribution in [3.05, 3.63) is 59.7 Å². The van der Waals surface area contributed by atoms with Gasteiger partial charge in [0.15, 0.2) is 0 Å². The van der Waals surface area contributed by atoms with Gasteiger partial charge in [-0.25, -0.2) is 0 Å². The van der Waals surface area contributed by atoms with Crippen LogP contribution in [0.5, 0.6) is 5.75 Å². The highest BCUT2D eigenvalue weighted by molar-refractivity contribution is 6.05. The van der Waals surface area contributed by atoms with E-state index in [2.05, 4.69) is 31.1 Å². The molecule has 1 aliphatic rings. The minimum Gasteiger partial charge on any atom is -0.491 e. The molecule has 3 rings (SSSR count).